The van der Waals surface area contributed by atoms with Gasteiger partial charge in [-0.15, -0.1) is 0 Å². The van der Waals surface area contributed by atoms with Gasteiger partial charge in [0, 0.05) is 44.6 Å². The first-order chi connectivity index (χ1) is 21.6. The van der Waals surface area contributed by atoms with Crippen molar-refractivity contribution < 1.29 is 38.8 Å². The quantitative estimate of drug-likeness (QED) is 0.0633. The van der Waals surface area contributed by atoms with Gasteiger partial charge in [-0.2, -0.15) is 0 Å². The number of rotatable bonds is 19. The van der Waals surface area contributed by atoms with Crippen molar-refractivity contribution >= 4 is 17.9 Å². The standard InChI is InChI=1S/C38H60O8/c1-10-31(44-35(41)11-2)23-30(40)24-33(25-32(22-29(7)39)45-36(42)12-3)46-37(43)21-27(5)16-13-15-26(4)18-19-34-28(6)17-14-20-38(34,8)9/h13,15-16,18-19,21,29-33,39-40H,10-12,14,17,20,22-25H2,1-9H3/b16-13+,19-18+,26-15+,27-21+. The van der Waals surface area contributed by atoms with E-state index in [0.717, 1.165) is 12.0 Å². The molecule has 8 heteroatoms. The molecule has 0 aromatic heterocycles. The van der Waals surface area contributed by atoms with Crippen molar-refractivity contribution in [1.29, 1.82) is 0 Å². The monoisotopic (exact) mass is 644 g/mol. The topological polar surface area (TPSA) is 119 Å². The highest BCUT2D eigenvalue weighted by atomic mass is 16.6. The minimum Gasteiger partial charge on any atom is -0.462 e. The Labute approximate surface area is 277 Å². The van der Waals surface area contributed by atoms with Gasteiger partial charge in [-0.25, -0.2) is 4.79 Å². The molecule has 0 radical (unpaired) electrons. The molecule has 0 aromatic carbocycles. The Balaban J connectivity index is 3.04. The molecule has 0 saturated heterocycles. The molecule has 0 fully saturated rings. The van der Waals surface area contributed by atoms with Crippen molar-refractivity contribution in [2.45, 2.75) is 157 Å². The zero-order valence-corrected chi connectivity index (χ0v) is 29.8. The van der Waals surface area contributed by atoms with Gasteiger partial charge in [0.1, 0.15) is 18.3 Å². The number of carbonyl (C=O) groups is 3. The van der Waals surface area contributed by atoms with Crippen LogP contribution < -0.4 is 0 Å². The smallest absolute Gasteiger partial charge is 0.331 e. The van der Waals surface area contributed by atoms with Crippen molar-refractivity contribution in [3.63, 3.8) is 0 Å². The van der Waals surface area contributed by atoms with Gasteiger partial charge < -0.3 is 24.4 Å². The first-order valence-electron chi connectivity index (χ1n) is 17.0. The Bertz CT molecular complexity index is 1140. The third-order valence-electron chi connectivity index (χ3n) is 8.23. The van der Waals surface area contributed by atoms with Gasteiger partial charge in [0.2, 0.25) is 0 Å². The van der Waals surface area contributed by atoms with E-state index in [1.807, 2.05) is 32.1 Å². The van der Waals surface area contributed by atoms with Crippen LogP contribution in [0.3, 0.4) is 0 Å². The molecular formula is C38H60O8. The summed E-state index contributed by atoms with van der Waals surface area (Å²) in [7, 11) is 0. The molecular weight excluding hydrogens is 584 g/mol. The average molecular weight is 645 g/mol. The van der Waals surface area contributed by atoms with E-state index in [4.69, 9.17) is 14.2 Å². The van der Waals surface area contributed by atoms with E-state index in [9.17, 15) is 24.6 Å². The maximum absolute atomic E-state index is 13.0. The Morgan fingerprint density at radius 1 is 0.848 bits per heavy atom. The van der Waals surface area contributed by atoms with Gasteiger partial charge in [0.25, 0.3) is 0 Å². The maximum Gasteiger partial charge on any atom is 0.331 e. The summed E-state index contributed by atoms with van der Waals surface area (Å²) < 4.78 is 16.7. The Morgan fingerprint density at radius 3 is 2.00 bits per heavy atom. The highest BCUT2D eigenvalue weighted by molar-refractivity contribution is 5.83. The molecule has 5 atom stereocenters. The van der Waals surface area contributed by atoms with E-state index in [0.29, 0.717) is 12.0 Å². The van der Waals surface area contributed by atoms with E-state index < -0.39 is 42.5 Å². The summed E-state index contributed by atoms with van der Waals surface area (Å²) in [5.41, 5.74) is 4.80. The molecule has 1 aliphatic carbocycles. The number of carbonyl (C=O) groups excluding carboxylic acids is 3. The Hall–Kier alpha value is -2.97. The first-order valence-corrected chi connectivity index (χ1v) is 17.0. The number of esters is 3. The van der Waals surface area contributed by atoms with E-state index in [1.54, 1.807) is 27.7 Å². The van der Waals surface area contributed by atoms with Gasteiger partial charge in [-0.3, -0.25) is 9.59 Å². The molecule has 2 N–H and O–H groups in total. The molecule has 0 saturated carbocycles. The summed E-state index contributed by atoms with van der Waals surface area (Å²) in [6.07, 6.45) is 12.7. The molecule has 0 heterocycles. The summed E-state index contributed by atoms with van der Waals surface area (Å²) in [6, 6.07) is 0. The van der Waals surface area contributed by atoms with Gasteiger partial charge in [0.05, 0.1) is 12.2 Å². The van der Waals surface area contributed by atoms with Crippen LogP contribution in [0.2, 0.25) is 0 Å². The van der Waals surface area contributed by atoms with Crippen LogP contribution in [-0.4, -0.2) is 58.6 Å². The second-order valence-electron chi connectivity index (χ2n) is 13.3. The lowest BCUT2D eigenvalue weighted by molar-refractivity contribution is -0.155. The van der Waals surface area contributed by atoms with E-state index in [2.05, 4.69) is 32.9 Å². The summed E-state index contributed by atoms with van der Waals surface area (Å²) in [6.45, 7) is 17.5. The SMILES string of the molecule is CCC(=O)OC(CC)CC(O)CC(CC(CC(C)O)OC(=O)CC)OC(=O)/C=C(C)/C=C/C=C(C)/C=C/C1=C(C)CCCC1(C)C. The van der Waals surface area contributed by atoms with Crippen molar-refractivity contribution in [1.82, 2.24) is 0 Å². The molecule has 0 spiro atoms. The number of ether oxygens (including phenoxy) is 3. The van der Waals surface area contributed by atoms with Crippen molar-refractivity contribution in [2.24, 2.45) is 5.41 Å². The van der Waals surface area contributed by atoms with Crippen molar-refractivity contribution in [3.8, 4) is 0 Å². The summed E-state index contributed by atoms with van der Waals surface area (Å²) in [4.78, 5) is 36.8. The van der Waals surface area contributed by atoms with Crippen LogP contribution in [0.4, 0.5) is 0 Å². The second kappa shape index (κ2) is 21.0. The third kappa shape index (κ3) is 16.5. The van der Waals surface area contributed by atoms with Gasteiger partial charge in [-0.1, -0.05) is 76.1 Å². The zero-order chi connectivity index (χ0) is 34.9. The summed E-state index contributed by atoms with van der Waals surface area (Å²) >= 11 is 0. The van der Waals surface area contributed by atoms with E-state index in [1.165, 1.54) is 30.1 Å². The largest absolute Gasteiger partial charge is 0.462 e. The van der Waals surface area contributed by atoms with Crippen LogP contribution in [0, 0.1) is 5.41 Å². The zero-order valence-electron chi connectivity index (χ0n) is 29.8. The van der Waals surface area contributed by atoms with Crippen LogP contribution in [0.15, 0.2) is 58.7 Å². The van der Waals surface area contributed by atoms with Crippen molar-refractivity contribution in [2.75, 3.05) is 0 Å². The van der Waals surface area contributed by atoms with Gasteiger partial charge >= 0.3 is 17.9 Å². The second-order valence-corrected chi connectivity index (χ2v) is 13.3. The lowest BCUT2D eigenvalue weighted by atomic mass is 9.72. The molecule has 46 heavy (non-hydrogen) atoms. The number of hydrogen-bond donors (Lipinski definition) is 2. The van der Waals surface area contributed by atoms with E-state index in [-0.39, 0.29) is 49.9 Å². The summed E-state index contributed by atoms with van der Waals surface area (Å²) in [5, 5.41) is 20.9. The summed E-state index contributed by atoms with van der Waals surface area (Å²) in [5.74, 6) is -1.37. The highest BCUT2D eigenvalue weighted by Gasteiger charge is 2.28. The predicted molar refractivity (Wildman–Crippen MR) is 183 cm³/mol. The normalized spacial score (nSPS) is 19.1. The fourth-order valence-corrected chi connectivity index (χ4v) is 5.66. The highest BCUT2D eigenvalue weighted by Crippen LogP contribution is 2.40. The third-order valence-corrected chi connectivity index (χ3v) is 8.23. The Morgan fingerprint density at radius 2 is 1.43 bits per heavy atom. The van der Waals surface area contributed by atoms with Gasteiger partial charge in [0.15, 0.2) is 0 Å². The van der Waals surface area contributed by atoms with Crippen LogP contribution in [0.5, 0.6) is 0 Å². The molecule has 0 aliphatic heterocycles. The van der Waals surface area contributed by atoms with Crippen LogP contribution in [0.1, 0.15) is 127 Å². The number of aliphatic hydroxyl groups is 2. The fraction of sp³-hybridized carbons (Fsp3) is 0.658. The number of hydrogen-bond acceptors (Lipinski definition) is 8. The lowest BCUT2D eigenvalue weighted by Gasteiger charge is -2.32. The molecule has 1 rings (SSSR count). The predicted octanol–water partition coefficient (Wildman–Crippen LogP) is 7.79. The fourth-order valence-electron chi connectivity index (χ4n) is 5.66. The molecule has 1 aliphatic rings. The van der Waals surface area contributed by atoms with Crippen molar-refractivity contribution in [3.05, 3.63) is 58.7 Å². The first kappa shape index (κ1) is 41.1. The molecule has 5 unspecified atom stereocenters. The molecule has 0 amide bonds. The lowest BCUT2D eigenvalue weighted by Crippen LogP contribution is -2.33. The average Bonchev–Trinajstić information content (AvgIpc) is 2.95. The number of aliphatic hydroxyl groups excluding tert-OH is 2. The molecule has 260 valence electrons. The molecule has 0 aromatic rings. The van der Waals surface area contributed by atoms with Gasteiger partial charge in [-0.05, 0) is 69.9 Å². The Kier molecular flexibility index (Phi) is 18.8. The van der Waals surface area contributed by atoms with Crippen LogP contribution in [-0.2, 0) is 28.6 Å². The maximum atomic E-state index is 13.0. The molecule has 0 bridgehead atoms. The minimum absolute atomic E-state index is 0.0512. The molecule has 8 nitrogen and oxygen atoms in total. The minimum atomic E-state index is -0.939. The van der Waals surface area contributed by atoms with Crippen LogP contribution >= 0.6 is 0 Å². The van der Waals surface area contributed by atoms with E-state index >= 15 is 0 Å². The number of allylic oxidation sites excluding steroid dienone is 9. The van der Waals surface area contributed by atoms with Crippen LogP contribution in [0.25, 0.3) is 0 Å².